The highest BCUT2D eigenvalue weighted by Gasteiger charge is 2.27. The molecule has 0 spiro atoms. The fraction of sp³-hybridized carbons (Fsp3) is 0.400. The molecule has 0 bridgehead atoms. The zero-order chi connectivity index (χ0) is 14.4. The van der Waals surface area contributed by atoms with E-state index in [2.05, 4.69) is 0 Å². The van der Waals surface area contributed by atoms with Crippen LogP contribution >= 0.6 is 0 Å². The Balaban J connectivity index is 2.90. The SMILES string of the molecule is Nc1c(S(N)(=O)=O)cc(S(N)(=O)=O)c2c1CCCC2. The van der Waals surface area contributed by atoms with Gasteiger partial charge in [0.1, 0.15) is 4.90 Å². The zero-order valence-electron chi connectivity index (χ0n) is 10.1. The van der Waals surface area contributed by atoms with Gasteiger partial charge in [0, 0.05) is 0 Å². The van der Waals surface area contributed by atoms with Gasteiger partial charge in [-0.15, -0.1) is 0 Å². The molecule has 0 unspecified atom stereocenters. The molecule has 0 fully saturated rings. The highest BCUT2D eigenvalue weighted by molar-refractivity contribution is 7.90. The largest absolute Gasteiger partial charge is 0.397 e. The molecule has 0 aliphatic heterocycles. The van der Waals surface area contributed by atoms with Crippen molar-refractivity contribution in [2.75, 3.05) is 5.73 Å². The van der Waals surface area contributed by atoms with Crippen LogP contribution in [-0.2, 0) is 32.9 Å². The summed E-state index contributed by atoms with van der Waals surface area (Å²) in [6.07, 6.45) is 2.66. The van der Waals surface area contributed by atoms with Crippen LogP contribution in [-0.4, -0.2) is 16.8 Å². The monoisotopic (exact) mass is 305 g/mol. The molecule has 19 heavy (non-hydrogen) atoms. The lowest BCUT2D eigenvalue weighted by molar-refractivity contribution is 0.591. The molecule has 2 rings (SSSR count). The molecular weight excluding hydrogens is 290 g/mol. The summed E-state index contributed by atoms with van der Waals surface area (Å²) in [5.41, 5.74) is 6.88. The van der Waals surface area contributed by atoms with Gasteiger partial charge >= 0.3 is 0 Å². The molecule has 0 heterocycles. The van der Waals surface area contributed by atoms with Crippen molar-refractivity contribution in [2.45, 2.75) is 35.5 Å². The number of rotatable bonds is 2. The first-order valence-electron chi connectivity index (χ1n) is 5.62. The number of nitrogens with two attached hydrogens (primary N) is 3. The standard InChI is InChI=1S/C10H15N3O4S2/c11-10-7-4-2-1-3-6(7)8(18(12,14)15)5-9(10)19(13,16)17/h5H,1-4,11H2,(H2,12,14,15)(H2,13,16,17). The van der Waals surface area contributed by atoms with Gasteiger partial charge in [0.2, 0.25) is 20.0 Å². The Kier molecular flexibility index (Phi) is 3.33. The van der Waals surface area contributed by atoms with Crippen molar-refractivity contribution in [3.8, 4) is 0 Å². The number of sulfonamides is 2. The van der Waals surface area contributed by atoms with Gasteiger partial charge in [-0.05, 0) is 42.9 Å². The van der Waals surface area contributed by atoms with Crippen LogP contribution in [0, 0.1) is 0 Å². The summed E-state index contributed by atoms with van der Waals surface area (Å²) in [5, 5.41) is 10.2. The number of nitrogen functional groups attached to an aromatic ring is 1. The fourth-order valence-electron chi connectivity index (χ4n) is 2.40. The van der Waals surface area contributed by atoms with Crippen LogP contribution in [0.3, 0.4) is 0 Å². The van der Waals surface area contributed by atoms with Crippen LogP contribution in [0.15, 0.2) is 15.9 Å². The molecule has 0 radical (unpaired) electrons. The summed E-state index contributed by atoms with van der Waals surface area (Å²) in [7, 11) is -8.11. The smallest absolute Gasteiger partial charge is 0.240 e. The van der Waals surface area contributed by atoms with Gasteiger partial charge in [0.25, 0.3) is 0 Å². The van der Waals surface area contributed by atoms with E-state index in [-0.39, 0.29) is 15.5 Å². The van der Waals surface area contributed by atoms with E-state index in [9.17, 15) is 16.8 Å². The number of hydrogen-bond acceptors (Lipinski definition) is 5. The van der Waals surface area contributed by atoms with E-state index in [0.29, 0.717) is 24.0 Å². The first-order chi connectivity index (χ1) is 8.62. The maximum absolute atomic E-state index is 11.6. The minimum absolute atomic E-state index is 0.0320. The minimum Gasteiger partial charge on any atom is -0.397 e. The number of fused-ring (bicyclic) bond motifs is 1. The molecule has 106 valence electrons. The fourth-order valence-corrected chi connectivity index (χ4v) is 4.03. The van der Waals surface area contributed by atoms with E-state index < -0.39 is 20.0 Å². The first kappa shape index (κ1) is 14.3. The maximum Gasteiger partial charge on any atom is 0.240 e. The van der Waals surface area contributed by atoms with E-state index in [0.717, 1.165) is 18.9 Å². The second-order valence-electron chi connectivity index (χ2n) is 4.54. The van der Waals surface area contributed by atoms with E-state index >= 15 is 0 Å². The van der Waals surface area contributed by atoms with Crippen molar-refractivity contribution in [1.29, 1.82) is 0 Å². The van der Waals surface area contributed by atoms with Crippen LogP contribution in [0.5, 0.6) is 0 Å². The lowest BCUT2D eigenvalue weighted by Gasteiger charge is -2.22. The second-order valence-corrected chi connectivity index (χ2v) is 7.60. The topological polar surface area (TPSA) is 146 Å². The summed E-state index contributed by atoms with van der Waals surface area (Å²) in [5.74, 6) is 0. The molecule has 7 nitrogen and oxygen atoms in total. The van der Waals surface area contributed by atoms with Crippen LogP contribution in [0.2, 0.25) is 0 Å². The maximum atomic E-state index is 11.6. The van der Waals surface area contributed by atoms with Gasteiger partial charge in [-0.2, -0.15) is 0 Å². The van der Waals surface area contributed by atoms with Gasteiger partial charge in [0.05, 0.1) is 10.6 Å². The molecule has 1 aliphatic rings. The summed E-state index contributed by atoms with van der Waals surface area (Å²) < 4.78 is 46.2. The lowest BCUT2D eigenvalue weighted by Crippen LogP contribution is -2.22. The van der Waals surface area contributed by atoms with Crippen molar-refractivity contribution in [3.05, 3.63) is 17.2 Å². The van der Waals surface area contributed by atoms with Crippen LogP contribution in [0.25, 0.3) is 0 Å². The number of benzene rings is 1. The molecule has 0 saturated carbocycles. The minimum atomic E-state index is -4.09. The molecule has 6 N–H and O–H groups in total. The van der Waals surface area contributed by atoms with Crippen molar-refractivity contribution >= 4 is 25.7 Å². The Labute approximate surface area is 111 Å². The molecule has 0 atom stereocenters. The summed E-state index contributed by atoms with van der Waals surface area (Å²) in [4.78, 5) is -0.572. The molecule has 0 aromatic heterocycles. The average molecular weight is 305 g/mol. The highest BCUT2D eigenvalue weighted by atomic mass is 32.2. The average Bonchev–Trinajstić information content (AvgIpc) is 2.26. The van der Waals surface area contributed by atoms with E-state index in [4.69, 9.17) is 16.0 Å². The quantitative estimate of drug-likeness (QED) is 0.627. The number of anilines is 1. The third kappa shape index (κ3) is 2.59. The van der Waals surface area contributed by atoms with Crippen LogP contribution in [0.1, 0.15) is 24.0 Å². The van der Waals surface area contributed by atoms with E-state index in [1.807, 2.05) is 0 Å². The first-order valence-corrected chi connectivity index (χ1v) is 8.71. The molecule has 0 amide bonds. The van der Waals surface area contributed by atoms with Gasteiger partial charge in [-0.25, -0.2) is 27.1 Å². The van der Waals surface area contributed by atoms with Crippen LogP contribution in [0.4, 0.5) is 5.69 Å². The van der Waals surface area contributed by atoms with Crippen molar-refractivity contribution in [1.82, 2.24) is 0 Å². The van der Waals surface area contributed by atoms with Crippen molar-refractivity contribution in [2.24, 2.45) is 10.3 Å². The van der Waals surface area contributed by atoms with Crippen LogP contribution < -0.4 is 16.0 Å². The predicted molar refractivity (Wildman–Crippen MR) is 70.2 cm³/mol. The Morgan fingerprint density at radius 3 is 1.79 bits per heavy atom. The second kappa shape index (κ2) is 4.44. The molecular formula is C10H15N3O4S2. The molecule has 1 aromatic carbocycles. The van der Waals surface area contributed by atoms with Crippen molar-refractivity contribution in [3.63, 3.8) is 0 Å². The molecule has 9 heteroatoms. The normalized spacial score (nSPS) is 16.1. The Morgan fingerprint density at radius 1 is 0.842 bits per heavy atom. The van der Waals surface area contributed by atoms with E-state index in [1.165, 1.54) is 0 Å². The van der Waals surface area contributed by atoms with Gasteiger partial charge in [-0.1, -0.05) is 0 Å². The summed E-state index contributed by atoms with van der Waals surface area (Å²) in [6, 6.07) is 0.962. The Bertz CT molecular complexity index is 739. The Hall–Kier alpha value is -1.16. The number of primary sulfonamides is 2. The lowest BCUT2D eigenvalue weighted by atomic mass is 9.90. The third-order valence-electron chi connectivity index (χ3n) is 3.23. The Morgan fingerprint density at radius 2 is 1.32 bits per heavy atom. The molecule has 1 aromatic rings. The summed E-state index contributed by atoms with van der Waals surface area (Å²) in [6.45, 7) is 0. The van der Waals surface area contributed by atoms with Gasteiger partial charge < -0.3 is 5.73 Å². The molecule has 1 aliphatic carbocycles. The number of hydrogen-bond donors (Lipinski definition) is 3. The van der Waals surface area contributed by atoms with E-state index in [1.54, 1.807) is 0 Å². The van der Waals surface area contributed by atoms with Crippen molar-refractivity contribution < 1.29 is 16.8 Å². The molecule has 0 saturated heterocycles. The van der Waals surface area contributed by atoms with Gasteiger partial charge in [-0.3, -0.25) is 0 Å². The van der Waals surface area contributed by atoms with Gasteiger partial charge in [0.15, 0.2) is 0 Å². The summed E-state index contributed by atoms with van der Waals surface area (Å²) >= 11 is 0. The third-order valence-corrected chi connectivity index (χ3v) is 5.16. The zero-order valence-corrected chi connectivity index (χ0v) is 11.7. The predicted octanol–water partition coefficient (Wildman–Crippen LogP) is -0.558. The highest BCUT2D eigenvalue weighted by Crippen LogP contribution is 2.35.